The molecule has 0 unspecified atom stereocenters. The van der Waals surface area contributed by atoms with Crippen LogP contribution in [0.1, 0.15) is 18.3 Å². The molecular weight excluding hydrogens is 361 g/mol. The van der Waals surface area contributed by atoms with Gasteiger partial charge in [0.05, 0.1) is 5.56 Å². The summed E-state index contributed by atoms with van der Waals surface area (Å²) in [6.45, 7) is 3.12. The molecule has 0 amide bonds. The maximum Gasteiger partial charge on any atom is 0.434 e. The fourth-order valence-electron chi connectivity index (χ4n) is 2.51. The minimum atomic E-state index is -4.83. The lowest BCUT2D eigenvalue weighted by molar-refractivity contribution is -0.140. The summed E-state index contributed by atoms with van der Waals surface area (Å²) in [7, 11) is 0. The molecule has 0 aliphatic heterocycles. The van der Waals surface area contributed by atoms with Crippen LogP contribution in [-0.4, -0.2) is 20.5 Å². The van der Waals surface area contributed by atoms with E-state index in [0.717, 1.165) is 4.40 Å². The quantitative estimate of drug-likeness (QED) is 0.702. The Bertz CT molecular complexity index is 1100. The van der Waals surface area contributed by atoms with E-state index in [9.17, 15) is 18.0 Å². The molecule has 2 heterocycles. The Morgan fingerprint density at radius 3 is 2.44 bits per heavy atom. The van der Waals surface area contributed by atoms with Crippen LogP contribution in [0.25, 0.3) is 16.9 Å². The van der Waals surface area contributed by atoms with Gasteiger partial charge in [0.1, 0.15) is 11.8 Å². The van der Waals surface area contributed by atoms with Crippen LogP contribution in [0.3, 0.4) is 0 Å². The number of hydrogen-bond donors (Lipinski definition) is 0. The molecule has 1 aromatic carbocycles. The molecule has 0 aliphatic carbocycles. The van der Waals surface area contributed by atoms with E-state index in [0.29, 0.717) is 11.4 Å². The second-order valence-corrected chi connectivity index (χ2v) is 5.79. The Morgan fingerprint density at radius 1 is 1.19 bits per heavy atom. The van der Waals surface area contributed by atoms with Gasteiger partial charge in [-0.1, -0.05) is 12.1 Å². The molecule has 6 nitrogen and oxygen atoms in total. The Hall–Kier alpha value is -3.41. The Labute approximate surface area is 151 Å². The van der Waals surface area contributed by atoms with Crippen molar-refractivity contribution in [1.82, 2.24) is 14.4 Å². The van der Waals surface area contributed by atoms with Gasteiger partial charge in [0.15, 0.2) is 11.8 Å². The van der Waals surface area contributed by atoms with Crippen molar-refractivity contribution in [1.29, 1.82) is 5.26 Å². The maximum atomic E-state index is 13.5. The number of aryl methyl sites for hydroxylation is 1. The van der Waals surface area contributed by atoms with E-state index in [1.165, 1.54) is 43.5 Å². The van der Waals surface area contributed by atoms with Crippen molar-refractivity contribution in [3.05, 3.63) is 58.3 Å². The van der Waals surface area contributed by atoms with Gasteiger partial charge in [0.25, 0.3) is 5.56 Å². The fourth-order valence-corrected chi connectivity index (χ4v) is 2.51. The van der Waals surface area contributed by atoms with Crippen LogP contribution >= 0.6 is 0 Å². The van der Waals surface area contributed by atoms with Gasteiger partial charge in [-0.05, 0) is 37.6 Å². The van der Waals surface area contributed by atoms with Gasteiger partial charge in [-0.15, -0.1) is 0 Å². The topological polar surface area (TPSA) is 80.3 Å². The van der Waals surface area contributed by atoms with Gasteiger partial charge in [0, 0.05) is 11.9 Å². The number of halogens is 3. The van der Waals surface area contributed by atoms with E-state index in [-0.39, 0.29) is 11.3 Å². The van der Waals surface area contributed by atoms with E-state index in [2.05, 4.69) is 9.97 Å². The van der Waals surface area contributed by atoms with Crippen LogP contribution in [0.2, 0.25) is 0 Å². The standard InChI is InChI=1S/C18H13F3N4O2/c1-10-7-8-25-16(26)14(15(18(19,20)21)24-17(25)23-10)12-3-5-13(6-4-12)27-11(2)9-22/h3-8,11H,1-2H3/t11-/m0/s1. The molecule has 2 aromatic heterocycles. The zero-order valence-corrected chi connectivity index (χ0v) is 14.3. The SMILES string of the molecule is Cc1ccn2c(=O)c(-c3ccc(O[C@@H](C)C#N)cc3)c(C(F)(F)F)nc2n1. The van der Waals surface area contributed by atoms with Gasteiger partial charge in [-0.25, -0.2) is 9.97 Å². The van der Waals surface area contributed by atoms with E-state index >= 15 is 0 Å². The number of fused-ring (bicyclic) bond motifs is 1. The van der Waals surface area contributed by atoms with Gasteiger partial charge in [0.2, 0.25) is 5.78 Å². The molecule has 0 spiro atoms. The average Bonchev–Trinajstić information content (AvgIpc) is 2.61. The van der Waals surface area contributed by atoms with E-state index in [1.54, 1.807) is 6.92 Å². The second-order valence-electron chi connectivity index (χ2n) is 5.79. The molecule has 138 valence electrons. The predicted octanol–water partition coefficient (Wildman–Crippen LogP) is 3.37. The van der Waals surface area contributed by atoms with Crippen molar-refractivity contribution in [2.24, 2.45) is 0 Å². The van der Waals surface area contributed by atoms with Crippen molar-refractivity contribution in [2.75, 3.05) is 0 Å². The highest BCUT2D eigenvalue weighted by Crippen LogP contribution is 2.34. The maximum absolute atomic E-state index is 13.5. The third kappa shape index (κ3) is 3.60. The normalized spacial score (nSPS) is 12.6. The lowest BCUT2D eigenvalue weighted by Gasteiger charge is -2.14. The summed E-state index contributed by atoms with van der Waals surface area (Å²) in [6, 6.07) is 8.82. The molecule has 0 bridgehead atoms. The number of benzene rings is 1. The first-order chi connectivity index (χ1) is 12.7. The molecule has 0 radical (unpaired) electrons. The molecule has 0 aliphatic rings. The molecule has 9 heteroatoms. The molecule has 0 N–H and O–H groups in total. The molecule has 0 saturated carbocycles. The fraction of sp³-hybridized carbons (Fsp3) is 0.222. The summed E-state index contributed by atoms with van der Waals surface area (Å²) in [5.74, 6) is -0.0219. The first kappa shape index (κ1) is 18.4. The molecule has 27 heavy (non-hydrogen) atoms. The summed E-state index contributed by atoms with van der Waals surface area (Å²) in [4.78, 5) is 20.2. The van der Waals surface area contributed by atoms with E-state index < -0.39 is 29.1 Å². The van der Waals surface area contributed by atoms with Gasteiger partial charge in [-0.2, -0.15) is 18.4 Å². The summed E-state index contributed by atoms with van der Waals surface area (Å²) in [5.41, 5.74) is -2.28. The van der Waals surface area contributed by atoms with E-state index in [4.69, 9.17) is 10.00 Å². The first-order valence-electron chi connectivity index (χ1n) is 7.84. The highest BCUT2D eigenvalue weighted by Gasteiger charge is 2.38. The highest BCUT2D eigenvalue weighted by molar-refractivity contribution is 5.67. The summed E-state index contributed by atoms with van der Waals surface area (Å²) in [5, 5.41) is 8.75. The lowest BCUT2D eigenvalue weighted by Crippen LogP contribution is -2.24. The van der Waals surface area contributed by atoms with Crippen LogP contribution in [0, 0.1) is 18.3 Å². The zero-order chi connectivity index (χ0) is 19.8. The number of hydrogen-bond acceptors (Lipinski definition) is 5. The van der Waals surface area contributed by atoms with Crippen molar-refractivity contribution in [3.8, 4) is 22.9 Å². The largest absolute Gasteiger partial charge is 0.476 e. The molecule has 3 rings (SSSR count). The first-order valence-corrected chi connectivity index (χ1v) is 7.84. The Kier molecular flexibility index (Phi) is 4.57. The summed E-state index contributed by atoms with van der Waals surface area (Å²) in [6.07, 6.45) is -4.22. The predicted molar refractivity (Wildman–Crippen MR) is 90.1 cm³/mol. The third-order valence-corrected chi connectivity index (χ3v) is 3.74. The number of nitriles is 1. The van der Waals surface area contributed by atoms with Crippen LogP contribution in [-0.2, 0) is 6.18 Å². The van der Waals surface area contributed by atoms with Crippen LogP contribution in [0.15, 0.2) is 41.3 Å². The number of nitrogens with zero attached hydrogens (tertiary/aromatic N) is 4. The molecule has 0 fully saturated rings. The molecule has 0 saturated heterocycles. The van der Waals surface area contributed by atoms with Gasteiger partial charge in [-0.3, -0.25) is 9.20 Å². The minimum Gasteiger partial charge on any atom is -0.476 e. The van der Waals surface area contributed by atoms with Gasteiger partial charge >= 0.3 is 6.18 Å². The van der Waals surface area contributed by atoms with Crippen molar-refractivity contribution in [2.45, 2.75) is 26.1 Å². The smallest absolute Gasteiger partial charge is 0.434 e. The Morgan fingerprint density at radius 2 is 1.85 bits per heavy atom. The number of ether oxygens (including phenoxy) is 1. The number of aromatic nitrogens is 3. The molecule has 3 aromatic rings. The lowest BCUT2D eigenvalue weighted by atomic mass is 10.0. The van der Waals surface area contributed by atoms with Crippen LogP contribution in [0.5, 0.6) is 5.75 Å². The van der Waals surface area contributed by atoms with Crippen molar-refractivity contribution >= 4 is 5.78 Å². The summed E-state index contributed by atoms with van der Waals surface area (Å²) < 4.78 is 46.9. The van der Waals surface area contributed by atoms with E-state index in [1.807, 2.05) is 6.07 Å². The molecular formula is C18H13F3N4O2. The van der Waals surface area contributed by atoms with Crippen molar-refractivity contribution in [3.63, 3.8) is 0 Å². The minimum absolute atomic E-state index is 0.0340. The Balaban J connectivity index is 2.21. The second kappa shape index (κ2) is 6.72. The van der Waals surface area contributed by atoms with Crippen LogP contribution in [0.4, 0.5) is 13.2 Å². The molecule has 1 atom stereocenters. The monoisotopic (exact) mass is 374 g/mol. The zero-order valence-electron chi connectivity index (χ0n) is 14.3. The number of alkyl halides is 3. The number of rotatable bonds is 3. The highest BCUT2D eigenvalue weighted by atomic mass is 19.4. The third-order valence-electron chi connectivity index (χ3n) is 3.74. The van der Waals surface area contributed by atoms with Crippen molar-refractivity contribution < 1.29 is 17.9 Å². The average molecular weight is 374 g/mol. The summed E-state index contributed by atoms with van der Waals surface area (Å²) >= 11 is 0. The van der Waals surface area contributed by atoms with Gasteiger partial charge < -0.3 is 4.74 Å². The van der Waals surface area contributed by atoms with Crippen LogP contribution < -0.4 is 10.3 Å².